The van der Waals surface area contributed by atoms with Crippen LogP contribution in [0.1, 0.15) is 23.2 Å². The third-order valence-corrected chi connectivity index (χ3v) is 1.74. The molecule has 1 aromatic carbocycles. The van der Waals surface area contributed by atoms with Gasteiger partial charge >= 0.3 is 0 Å². The summed E-state index contributed by atoms with van der Waals surface area (Å²) >= 11 is 0. The van der Waals surface area contributed by atoms with Gasteiger partial charge in [-0.1, -0.05) is 6.08 Å². The Morgan fingerprint density at radius 2 is 2.00 bits per heavy atom. The van der Waals surface area contributed by atoms with Crippen molar-refractivity contribution < 1.29 is 9.18 Å². The number of carbonyl (C=O) groups excluding carboxylic acids is 1. The van der Waals surface area contributed by atoms with E-state index in [1.54, 1.807) is 6.08 Å². The Morgan fingerprint density at radius 3 is 2.54 bits per heavy atom. The molecule has 0 aliphatic carbocycles. The van der Waals surface area contributed by atoms with Crippen molar-refractivity contribution in [3.05, 3.63) is 48.3 Å². The van der Waals surface area contributed by atoms with Crippen LogP contribution < -0.4 is 0 Å². The molecule has 0 fully saturated rings. The Kier molecular flexibility index (Phi) is 3.38. The molecule has 0 saturated carbocycles. The van der Waals surface area contributed by atoms with Crippen LogP contribution in [0.4, 0.5) is 4.39 Å². The van der Waals surface area contributed by atoms with Crippen LogP contribution >= 0.6 is 0 Å². The Bertz CT molecular complexity index is 300. The second-order valence-electron chi connectivity index (χ2n) is 2.76. The number of hydrogen-bond acceptors (Lipinski definition) is 1. The topological polar surface area (TPSA) is 17.1 Å². The molecule has 0 heterocycles. The van der Waals surface area contributed by atoms with Crippen LogP contribution in [-0.4, -0.2) is 5.78 Å². The first-order valence-electron chi connectivity index (χ1n) is 4.13. The average molecular weight is 178 g/mol. The summed E-state index contributed by atoms with van der Waals surface area (Å²) in [5, 5.41) is 0. The molecule has 0 aromatic heterocycles. The minimum Gasteiger partial charge on any atom is -0.294 e. The number of rotatable bonds is 4. The van der Waals surface area contributed by atoms with Gasteiger partial charge in [0, 0.05) is 12.0 Å². The number of hydrogen-bond donors (Lipinski definition) is 0. The number of allylic oxidation sites excluding steroid dienone is 1. The highest BCUT2D eigenvalue weighted by molar-refractivity contribution is 5.96. The molecule has 0 aliphatic rings. The Morgan fingerprint density at radius 1 is 1.38 bits per heavy atom. The lowest BCUT2D eigenvalue weighted by Gasteiger charge is -1.97. The van der Waals surface area contributed by atoms with Gasteiger partial charge in [-0.25, -0.2) is 4.39 Å². The molecule has 0 radical (unpaired) electrons. The van der Waals surface area contributed by atoms with Crippen LogP contribution in [0.5, 0.6) is 0 Å². The van der Waals surface area contributed by atoms with Gasteiger partial charge in [-0.15, -0.1) is 6.58 Å². The van der Waals surface area contributed by atoms with E-state index in [0.29, 0.717) is 18.4 Å². The molecular weight excluding hydrogens is 167 g/mol. The van der Waals surface area contributed by atoms with E-state index in [2.05, 4.69) is 6.58 Å². The zero-order valence-corrected chi connectivity index (χ0v) is 7.29. The molecule has 0 atom stereocenters. The Hall–Kier alpha value is -1.44. The summed E-state index contributed by atoms with van der Waals surface area (Å²) in [5.41, 5.74) is 0.559. The SMILES string of the molecule is C=CCCC(=O)c1ccc(F)cc1. The first-order valence-corrected chi connectivity index (χ1v) is 4.13. The monoisotopic (exact) mass is 178 g/mol. The standard InChI is InChI=1S/C11H11FO/c1-2-3-4-11(13)9-5-7-10(12)8-6-9/h2,5-8H,1,3-4H2. The fraction of sp³-hybridized carbons (Fsp3) is 0.182. The van der Waals surface area contributed by atoms with Gasteiger partial charge in [0.1, 0.15) is 5.82 Å². The largest absolute Gasteiger partial charge is 0.294 e. The van der Waals surface area contributed by atoms with E-state index in [0.717, 1.165) is 0 Å². The Balaban J connectivity index is 2.66. The van der Waals surface area contributed by atoms with E-state index in [1.807, 2.05) is 0 Å². The molecule has 0 bridgehead atoms. The van der Waals surface area contributed by atoms with Crippen molar-refractivity contribution in [1.29, 1.82) is 0 Å². The summed E-state index contributed by atoms with van der Waals surface area (Å²) in [7, 11) is 0. The summed E-state index contributed by atoms with van der Waals surface area (Å²) in [6, 6.07) is 5.59. The maximum atomic E-state index is 12.5. The molecule has 0 amide bonds. The van der Waals surface area contributed by atoms with E-state index < -0.39 is 0 Å². The number of Topliss-reactive ketones (excluding diaryl/α,β-unsaturated/α-hetero) is 1. The quantitative estimate of drug-likeness (QED) is 0.511. The molecular formula is C11H11FO. The smallest absolute Gasteiger partial charge is 0.163 e. The van der Waals surface area contributed by atoms with Gasteiger partial charge in [-0.05, 0) is 30.7 Å². The van der Waals surface area contributed by atoms with E-state index in [-0.39, 0.29) is 11.6 Å². The molecule has 0 N–H and O–H groups in total. The minimum absolute atomic E-state index is 0.0277. The summed E-state index contributed by atoms with van der Waals surface area (Å²) in [5.74, 6) is -0.292. The van der Waals surface area contributed by atoms with Gasteiger partial charge in [0.15, 0.2) is 5.78 Å². The lowest BCUT2D eigenvalue weighted by molar-refractivity contribution is 0.0983. The molecule has 2 heteroatoms. The fourth-order valence-corrected chi connectivity index (χ4v) is 1.01. The van der Waals surface area contributed by atoms with Gasteiger partial charge in [0.05, 0.1) is 0 Å². The maximum Gasteiger partial charge on any atom is 0.163 e. The van der Waals surface area contributed by atoms with E-state index >= 15 is 0 Å². The predicted molar refractivity (Wildman–Crippen MR) is 50.2 cm³/mol. The zero-order chi connectivity index (χ0) is 9.68. The van der Waals surface area contributed by atoms with Crippen molar-refractivity contribution in [3.63, 3.8) is 0 Å². The third kappa shape index (κ3) is 2.82. The highest BCUT2D eigenvalue weighted by atomic mass is 19.1. The number of benzene rings is 1. The second kappa shape index (κ2) is 4.55. The van der Waals surface area contributed by atoms with Crippen molar-refractivity contribution in [1.82, 2.24) is 0 Å². The van der Waals surface area contributed by atoms with E-state index in [1.165, 1.54) is 24.3 Å². The molecule has 1 nitrogen and oxygen atoms in total. The maximum absolute atomic E-state index is 12.5. The average Bonchev–Trinajstić information content (AvgIpc) is 2.15. The van der Waals surface area contributed by atoms with Gasteiger partial charge in [0.25, 0.3) is 0 Å². The summed E-state index contributed by atoms with van der Waals surface area (Å²) in [6.45, 7) is 3.53. The normalized spacial score (nSPS) is 9.62. The zero-order valence-electron chi connectivity index (χ0n) is 7.29. The van der Waals surface area contributed by atoms with Crippen molar-refractivity contribution >= 4 is 5.78 Å². The van der Waals surface area contributed by atoms with E-state index in [9.17, 15) is 9.18 Å². The van der Waals surface area contributed by atoms with Gasteiger partial charge < -0.3 is 0 Å². The molecule has 1 aromatic rings. The van der Waals surface area contributed by atoms with Crippen molar-refractivity contribution in [2.45, 2.75) is 12.8 Å². The number of ketones is 1. The van der Waals surface area contributed by atoms with Crippen LogP contribution in [0.15, 0.2) is 36.9 Å². The van der Waals surface area contributed by atoms with Crippen molar-refractivity contribution in [2.75, 3.05) is 0 Å². The highest BCUT2D eigenvalue weighted by Crippen LogP contribution is 2.07. The summed E-state index contributed by atoms with van der Waals surface area (Å²) in [6.07, 6.45) is 2.80. The predicted octanol–water partition coefficient (Wildman–Crippen LogP) is 2.97. The van der Waals surface area contributed by atoms with Gasteiger partial charge in [-0.3, -0.25) is 4.79 Å². The number of halogens is 1. The summed E-state index contributed by atoms with van der Waals surface area (Å²) in [4.78, 5) is 11.3. The van der Waals surface area contributed by atoms with Crippen LogP contribution in [0.3, 0.4) is 0 Å². The van der Waals surface area contributed by atoms with Gasteiger partial charge in [-0.2, -0.15) is 0 Å². The number of carbonyl (C=O) groups is 1. The highest BCUT2D eigenvalue weighted by Gasteiger charge is 2.03. The summed E-state index contributed by atoms with van der Waals surface area (Å²) < 4.78 is 12.5. The molecule has 0 unspecified atom stereocenters. The molecule has 0 spiro atoms. The third-order valence-electron chi connectivity index (χ3n) is 1.74. The lowest BCUT2D eigenvalue weighted by Crippen LogP contribution is -1.97. The first-order chi connectivity index (χ1) is 6.24. The fourth-order valence-electron chi connectivity index (χ4n) is 1.01. The van der Waals surface area contributed by atoms with Crippen LogP contribution in [-0.2, 0) is 0 Å². The Labute approximate surface area is 76.9 Å². The molecule has 1 rings (SSSR count). The van der Waals surface area contributed by atoms with Crippen molar-refractivity contribution in [2.24, 2.45) is 0 Å². The van der Waals surface area contributed by atoms with Crippen LogP contribution in [0, 0.1) is 5.82 Å². The van der Waals surface area contributed by atoms with E-state index in [4.69, 9.17) is 0 Å². The minimum atomic E-state index is -0.319. The second-order valence-corrected chi connectivity index (χ2v) is 2.76. The molecule has 0 aliphatic heterocycles. The lowest BCUT2D eigenvalue weighted by atomic mass is 10.1. The van der Waals surface area contributed by atoms with Crippen LogP contribution in [0.25, 0.3) is 0 Å². The van der Waals surface area contributed by atoms with Crippen LogP contribution in [0.2, 0.25) is 0 Å². The molecule has 68 valence electrons. The van der Waals surface area contributed by atoms with Crippen molar-refractivity contribution in [3.8, 4) is 0 Å². The molecule has 13 heavy (non-hydrogen) atoms. The first kappa shape index (κ1) is 9.65. The van der Waals surface area contributed by atoms with Gasteiger partial charge in [0.2, 0.25) is 0 Å². The molecule has 0 saturated heterocycles.